The summed E-state index contributed by atoms with van der Waals surface area (Å²) in [5, 5.41) is 0. The molecule has 0 spiro atoms. The SMILES string of the molecule is COC(=O)N1CC(C)(C)N(Cc2ccc(OC)cc2)S(=O)(=O)C1. The van der Waals surface area contributed by atoms with Crippen LogP contribution < -0.4 is 4.74 Å². The van der Waals surface area contributed by atoms with E-state index in [4.69, 9.17) is 4.74 Å². The molecule has 0 atom stereocenters. The topological polar surface area (TPSA) is 76.2 Å². The van der Waals surface area contributed by atoms with E-state index in [1.54, 1.807) is 33.1 Å². The number of rotatable bonds is 3. The quantitative estimate of drug-likeness (QED) is 0.835. The smallest absolute Gasteiger partial charge is 0.410 e. The van der Waals surface area contributed by atoms with Crippen LogP contribution in [0.15, 0.2) is 24.3 Å². The summed E-state index contributed by atoms with van der Waals surface area (Å²) in [6.45, 7) is 4.11. The molecule has 0 bridgehead atoms. The number of methoxy groups -OCH3 is 2. The lowest BCUT2D eigenvalue weighted by Crippen LogP contribution is -2.62. The summed E-state index contributed by atoms with van der Waals surface area (Å²) >= 11 is 0. The number of carbonyl (C=O) groups excluding carboxylic acids is 1. The molecule has 8 heteroatoms. The van der Waals surface area contributed by atoms with Gasteiger partial charge in [0.1, 0.15) is 11.6 Å². The van der Waals surface area contributed by atoms with Crippen LogP contribution in [0.4, 0.5) is 4.79 Å². The van der Waals surface area contributed by atoms with Crippen LogP contribution in [-0.4, -0.2) is 55.9 Å². The van der Waals surface area contributed by atoms with Crippen molar-refractivity contribution < 1.29 is 22.7 Å². The fraction of sp³-hybridized carbons (Fsp3) is 0.533. The Hall–Kier alpha value is -1.80. The molecule has 23 heavy (non-hydrogen) atoms. The molecule has 0 saturated carbocycles. The highest BCUT2D eigenvalue weighted by molar-refractivity contribution is 7.89. The number of carbonyl (C=O) groups is 1. The lowest BCUT2D eigenvalue weighted by molar-refractivity contribution is 0.0876. The summed E-state index contributed by atoms with van der Waals surface area (Å²) in [7, 11) is -0.802. The molecule has 0 radical (unpaired) electrons. The standard InChI is InChI=1S/C15H22N2O5S/c1-15(2)10-16(14(18)22-4)11-23(19,20)17(15)9-12-5-7-13(21-3)8-6-12/h5-8H,9-11H2,1-4H3. The van der Waals surface area contributed by atoms with Crippen molar-refractivity contribution in [3.8, 4) is 5.75 Å². The number of nitrogens with zero attached hydrogens (tertiary/aromatic N) is 2. The molecule has 7 nitrogen and oxygen atoms in total. The zero-order chi connectivity index (χ0) is 17.3. The van der Waals surface area contributed by atoms with Crippen LogP contribution in [0.2, 0.25) is 0 Å². The Morgan fingerprint density at radius 2 is 1.83 bits per heavy atom. The molecule has 2 rings (SSSR count). The lowest BCUT2D eigenvalue weighted by atomic mass is 10.0. The maximum atomic E-state index is 12.6. The van der Waals surface area contributed by atoms with Crippen LogP contribution in [-0.2, 0) is 21.3 Å². The average molecular weight is 342 g/mol. The molecule has 1 aromatic carbocycles. The van der Waals surface area contributed by atoms with Gasteiger partial charge in [-0.25, -0.2) is 13.2 Å². The first kappa shape index (κ1) is 17.6. The predicted molar refractivity (Wildman–Crippen MR) is 85.5 cm³/mol. The van der Waals surface area contributed by atoms with Gasteiger partial charge in [-0.2, -0.15) is 4.31 Å². The van der Waals surface area contributed by atoms with Crippen molar-refractivity contribution in [2.24, 2.45) is 0 Å². The number of ether oxygens (including phenoxy) is 2. The third-order valence-electron chi connectivity index (χ3n) is 3.83. The highest BCUT2D eigenvalue weighted by Gasteiger charge is 2.45. The Bertz CT molecular complexity index is 670. The molecule has 1 aliphatic rings. The minimum absolute atomic E-state index is 0.244. The van der Waals surface area contributed by atoms with E-state index < -0.39 is 21.7 Å². The summed E-state index contributed by atoms with van der Waals surface area (Å²) in [4.78, 5) is 12.9. The molecule has 0 aliphatic carbocycles. The first-order valence-electron chi connectivity index (χ1n) is 7.16. The summed E-state index contributed by atoms with van der Waals surface area (Å²) < 4.78 is 36.4. The van der Waals surface area contributed by atoms with Gasteiger partial charge in [0, 0.05) is 18.6 Å². The Kier molecular flexibility index (Phi) is 4.86. The fourth-order valence-electron chi connectivity index (χ4n) is 2.69. The molecule has 1 heterocycles. The lowest BCUT2D eigenvalue weighted by Gasteiger charge is -2.45. The molecular formula is C15H22N2O5S. The van der Waals surface area contributed by atoms with Gasteiger partial charge in [-0.05, 0) is 31.5 Å². The number of sulfonamides is 1. The molecule has 128 valence electrons. The van der Waals surface area contributed by atoms with Gasteiger partial charge in [0.05, 0.1) is 14.2 Å². The van der Waals surface area contributed by atoms with Gasteiger partial charge in [0.2, 0.25) is 10.0 Å². The largest absolute Gasteiger partial charge is 0.497 e. The second-order valence-electron chi connectivity index (χ2n) is 6.08. The number of benzene rings is 1. The average Bonchev–Trinajstić information content (AvgIpc) is 2.49. The summed E-state index contributed by atoms with van der Waals surface area (Å²) in [5.74, 6) is 0.339. The van der Waals surface area contributed by atoms with Gasteiger partial charge in [-0.3, -0.25) is 4.90 Å². The molecule has 1 fully saturated rings. The van der Waals surface area contributed by atoms with Crippen LogP contribution in [0, 0.1) is 0 Å². The van der Waals surface area contributed by atoms with Gasteiger partial charge < -0.3 is 9.47 Å². The first-order chi connectivity index (χ1) is 10.7. The Labute approximate surface area is 136 Å². The molecule has 0 aromatic heterocycles. The summed E-state index contributed by atoms with van der Waals surface area (Å²) in [6, 6.07) is 7.24. The second kappa shape index (κ2) is 6.37. The predicted octanol–water partition coefficient (Wildman–Crippen LogP) is 1.65. The Morgan fingerprint density at radius 3 is 2.30 bits per heavy atom. The third kappa shape index (κ3) is 3.76. The highest BCUT2D eigenvalue weighted by atomic mass is 32.2. The van der Waals surface area contributed by atoms with E-state index in [0.29, 0.717) is 5.75 Å². The van der Waals surface area contributed by atoms with E-state index in [2.05, 4.69) is 4.74 Å². The zero-order valence-corrected chi connectivity index (χ0v) is 14.6. The summed E-state index contributed by atoms with van der Waals surface area (Å²) in [5.41, 5.74) is 0.125. The van der Waals surface area contributed by atoms with Crippen molar-refractivity contribution in [3.05, 3.63) is 29.8 Å². The van der Waals surface area contributed by atoms with Gasteiger partial charge in [-0.1, -0.05) is 12.1 Å². The van der Waals surface area contributed by atoms with Crippen molar-refractivity contribution in [1.82, 2.24) is 9.21 Å². The van der Waals surface area contributed by atoms with Crippen molar-refractivity contribution in [2.45, 2.75) is 25.9 Å². The molecule has 0 N–H and O–H groups in total. The highest BCUT2D eigenvalue weighted by Crippen LogP contribution is 2.29. The van der Waals surface area contributed by atoms with Crippen molar-refractivity contribution in [2.75, 3.05) is 26.6 Å². The molecule has 0 unspecified atom stereocenters. The zero-order valence-electron chi connectivity index (χ0n) is 13.8. The third-order valence-corrected chi connectivity index (χ3v) is 5.76. The van der Waals surface area contributed by atoms with Gasteiger partial charge in [-0.15, -0.1) is 0 Å². The first-order valence-corrected chi connectivity index (χ1v) is 8.77. The van der Waals surface area contributed by atoms with Gasteiger partial charge >= 0.3 is 6.09 Å². The van der Waals surface area contributed by atoms with Crippen molar-refractivity contribution in [1.29, 1.82) is 0 Å². The Morgan fingerprint density at radius 1 is 1.22 bits per heavy atom. The van der Waals surface area contributed by atoms with Crippen LogP contribution in [0.25, 0.3) is 0 Å². The molecule has 1 aromatic rings. The van der Waals surface area contributed by atoms with E-state index >= 15 is 0 Å². The normalized spacial score (nSPS) is 20.1. The van der Waals surface area contributed by atoms with Crippen LogP contribution in [0.5, 0.6) is 5.75 Å². The van der Waals surface area contributed by atoms with E-state index in [-0.39, 0.29) is 19.0 Å². The number of hydrogen-bond donors (Lipinski definition) is 0. The van der Waals surface area contributed by atoms with Gasteiger partial charge in [0.25, 0.3) is 0 Å². The minimum Gasteiger partial charge on any atom is -0.497 e. The second-order valence-corrected chi connectivity index (χ2v) is 7.94. The van der Waals surface area contributed by atoms with E-state index in [0.717, 1.165) is 5.56 Å². The molecule has 1 aliphatic heterocycles. The van der Waals surface area contributed by atoms with E-state index in [1.807, 2.05) is 12.1 Å². The maximum Gasteiger partial charge on any atom is 0.410 e. The number of hydrogen-bond acceptors (Lipinski definition) is 5. The molecule has 1 amide bonds. The van der Waals surface area contributed by atoms with E-state index in [9.17, 15) is 13.2 Å². The monoisotopic (exact) mass is 342 g/mol. The minimum atomic E-state index is -3.62. The van der Waals surface area contributed by atoms with Gasteiger partial charge in [0.15, 0.2) is 0 Å². The number of amides is 1. The fourth-order valence-corrected chi connectivity index (χ4v) is 4.58. The van der Waals surface area contributed by atoms with E-state index in [1.165, 1.54) is 16.3 Å². The molecular weight excluding hydrogens is 320 g/mol. The van der Waals surface area contributed by atoms with Crippen LogP contribution in [0.3, 0.4) is 0 Å². The van der Waals surface area contributed by atoms with Crippen molar-refractivity contribution >= 4 is 16.1 Å². The van der Waals surface area contributed by atoms with Crippen LogP contribution in [0.1, 0.15) is 19.4 Å². The Balaban J connectivity index is 2.25. The molecule has 1 saturated heterocycles. The van der Waals surface area contributed by atoms with Crippen molar-refractivity contribution in [3.63, 3.8) is 0 Å². The summed E-state index contributed by atoms with van der Waals surface area (Å²) in [6.07, 6.45) is -0.634. The maximum absolute atomic E-state index is 12.6. The van der Waals surface area contributed by atoms with Crippen LogP contribution >= 0.6 is 0 Å².